The molecule has 0 bridgehead atoms. The molecular formula is C18H29N5O2. The van der Waals surface area contributed by atoms with Gasteiger partial charge in [-0.3, -0.25) is 4.79 Å². The van der Waals surface area contributed by atoms with Crippen molar-refractivity contribution >= 4 is 17.5 Å². The molecule has 1 N–H and O–H groups in total. The molecule has 0 aromatic carbocycles. The van der Waals surface area contributed by atoms with Gasteiger partial charge in [0.2, 0.25) is 5.91 Å². The molecular weight excluding hydrogens is 318 g/mol. The molecule has 7 nitrogen and oxygen atoms in total. The fourth-order valence-electron chi connectivity index (χ4n) is 3.36. The first-order valence-corrected chi connectivity index (χ1v) is 9.31. The Morgan fingerprint density at radius 3 is 2.68 bits per heavy atom. The maximum absolute atomic E-state index is 11.8. The third-order valence-corrected chi connectivity index (χ3v) is 4.91. The van der Waals surface area contributed by atoms with E-state index in [1.54, 1.807) is 6.33 Å². The molecule has 1 amide bonds. The van der Waals surface area contributed by atoms with Crippen molar-refractivity contribution in [1.29, 1.82) is 0 Å². The van der Waals surface area contributed by atoms with E-state index in [9.17, 15) is 4.79 Å². The van der Waals surface area contributed by atoms with Crippen molar-refractivity contribution in [2.45, 2.75) is 26.7 Å². The van der Waals surface area contributed by atoms with E-state index in [1.165, 1.54) is 0 Å². The maximum atomic E-state index is 11.8. The lowest BCUT2D eigenvalue weighted by molar-refractivity contribution is -0.124. The second-order valence-electron chi connectivity index (χ2n) is 7.19. The summed E-state index contributed by atoms with van der Waals surface area (Å²) in [6.07, 6.45) is 3.93. The molecule has 138 valence electrons. The van der Waals surface area contributed by atoms with Crippen LogP contribution in [0.5, 0.6) is 0 Å². The maximum Gasteiger partial charge on any atom is 0.222 e. The van der Waals surface area contributed by atoms with Gasteiger partial charge in [0.15, 0.2) is 0 Å². The van der Waals surface area contributed by atoms with E-state index in [-0.39, 0.29) is 11.8 Å². The van der Waals surface area contributed by atoms with Crippen molar-refractivity contribution in [3.05, 3.63) is 12.4 Å². The van der Waals surface area contributed by atoms with Gasteiger partial charge in [-0.05, 0) is 18.8 Å². The minimum atomic E-state index is 0.0395. The lowest BCUT2D eigenvalue weighted by atomic mass is 9.97. The van der Waals surface area contributed by atoms with Gasteiger partial charge in [-0.15, -0.1) is 0 Å². The number of carbonyl (C=O) groups excluding carboxylic acids is 1. The van der Waals surface area contributed by atoms with Crippen LogP contribution in [-0.2, 0) is 9.53 Å². The highest BCUT2D eigenvalue weighted by molar-refractivity contribution is 5.77. The van der Waals surface area contributed by atoms with Crippen LogP contribution in [-0.4, -0.2) is 61.8 Å². The van der Waals surface area contributed by atoms with E-state index in [2.05, 4.69) is 31.2 Å². The highest BCUT2D eigenvalue weighted by Crippen LogP contribution is 2.24. The summed E-state index contributed by atoms with van der Waals surface area (Å²) >= 11 is 0. The van der Waals surface area contributed by atoms with Gasteiger partial charge < -0.3 is 19.9 Å². The summed E-state index contributed by atoms with van der Waals surface area (Å²) < 4.78 is 5.41. The summed E-state index contributed by atoms with van der Waals surface area (Å²) in [4.78, 5) is 25.3. The van der Waals surface area contributed by atoms with Gasteiger partial charge in [-0.25, -0.2) is 9.97 Å². The number of anilines is 2. The van der Waals surface area contributed by atoms with Crippen LogP contribution in [0.4, 0.5) is 11.6 Å². The molecule has 0 aliphatic carbocycles. The van der Waals surface area contributed by atoms with Crippen LogP contribution >= 0.6 is 0 Å². The van der Waals surface area contributed by atoms with Crippen molar-refractivity contribution in [1.82, 2.24) is 15.3 Å². The average Bonchev–Trinajstić information content (AvgIpc) is 2.67. The summed E-state index contributed by atoms with van der Waals surface area (Å²) in [5.74, 6) is 2.60. The van der Waals surface area contributed by atoms with E-state index >= 15 is 0 Å². The van der Waals surface area contributed by atoms with Crippen LogP contribution in [0.15, 0.2) is 12.4 Å². The van der Waals surface area contributed by atoms with Crippen LogP contribution in [0.3, 0.4) is 0 Å². The van der Waals surface area contributed by atoms with Crippen LogP contribution in [0.2, 0.25) is 0 Å². The van der Waals surface area contributed by atoms with Crippen LogP contribution in [0.25, 0.3) is 0 Å². The Kier molecular flexibility index (Phi) is 6.07. The zero-order valence-electron chi connectivity index (χ0n) is 15.3. The summed E-state index contributed by atoms with van der Waals surface area (Å²) in [6, 6.07) is 2.08. The smallest absolute Gasteiger partial charge is 0.222 e. The van der Waals surface area contributed by atoms with E-state index in [1.807, 2.05) is 13.8 Å². The number of piperidine rings is 1. The number of nitrogens with one attached hydrogen (secondary N) is 1. The Balaban J connectivity index is 1.60. The Morgan fingerprint density at radius 2 is 1.96 bits per heavy atom. The molecule has 2 saturated heterocycles. The second-order valence-corrected chi connectivity index (χ2v) is 7.19. The molecule has 1 aromatic heterocycles. The van der Waals surface area contributed by atoms with Crippen molar-refractivity contribution < 1.29 is 9.53 Å². The predicted molar refractivity (Wildman–Crippen MR) is 97.8 cm³/mol. The van der Waals surface area contributed by atoms with Crippen molar-refractivity contribution in [2.24, 2.45) is 11.8 Å². The number of morpholine rings is 1. The van der Waals surface area contributed by atoms with Gasteiger partial charge in [0.1, 0.15) is 18.0 Å². The van der Waals surface area contributed by atoms with Crippen LogP contribution < -0.4 is 15.1 Å². The van der Waals surface area contributed by atoms with Crippen molar-refractivity contribution in [2.75, 3.05) is 55.7 Å². The van der Waals surface area contributed by atoms with E-state index in [0.717, 1.165) is 70.4 Å². The lowest BCUT2D eigenvalue weighted by Gasteiger charge is -2.34. The summed E-state index contributed by atoms with van der Waals surface area (Å²) in [5, 5.41) is 3.07. The standard InChI is InChI=1S/C18H29N5O2/c1-14(2)18(24)19-11-15-4-3-5-23(12-15)17-10-16(20-13-21-17)22-6-8-25-9-7-22/h10,13-15H,3-9,11-12H2,1-2H3,(H,19,24). The normalized spacial score (nSPS) is 21.5. The van der Waals surface area contributed by atoms with Gasteiger partial charge in [0, 0.05) is 44.7 Å². The molecule has 2 fully saturated rings. The summed E-state index contributed by atoms with van der Waals surface area (Å²) in [6.45, 7) is 9.79. The molecule has 3 heterocycles. The molecule has 1 atom stereocenters. The zero-order chi connectivity index (χ0) is 17.6. The molecule has 3 rings (SSSR count). The highest BCUT2D eigenvalue weighted by Gasteiger charge is 2.23. The van der Waals surface area contributed by atoms with Gasteiger partial charge in [0.05, 0.1) is 13.2 Å². The fourth-order valence-corrected chi connectivity index (χ4v) is 3.36. The van der Waals surface area contributed by atoms with E-state index < -0.39 is 0 Å². The number of hydrogen-bond acceptors (Lipinski definition) is 6. The van der Waals surface area contributed by atoms with Crippen molar-refractivity contribution in [3.63, 3.8) is 0 Å². The van der Waals surface area contributed by atoms with Gasteiger partial charge in [0.25, 0.3) is 0 Å². The Morgan fingerprint density at radius 1 is 1.24 bits per heavy atom. The number of amides is 1. The van der Waals surface area contributed by atoms with E-state index in [4.69, 9.17) is 4.74 Å². The fraction of sp³-hybridized carbons (Fsp3) is 0.722. The molecule has 0 saturated carbocycles. The quantitative estimate of drug-likeness (QED) is 0.866. The summed E-state index contributed by atoms with van der Waals surface area (Å²) in [5.41, 5.74) is 0. The number of ether oxygens (including phenoxy) is 1. The monoisotopic (exact) mass is 347 g/mol. The predicted octanol–water partition coefficient (Wildman–Crippen LogP) is 1.30. The molecule has 1 unspecified atom stereocenters. The first-order valence-electron chi connectivity index (χ1n) is 9.31. The minimum absolute atomic E-state index is 0.0395. The van der Waals surface area contributed by atoms with Gasteiger partial charge in [-0.2, -0.15) is 0 Å². The number of nitrogens with zero attached hydrogens (tertiary/aromatic N) is 4. The molecule has 25 heavy (non-hydrogen) atoms. The Bertz CT molecular complexity index is 574. The van der Waals surface area contributed by atoms with Crippen LogP contribution in [0.1, 0.15) is 26.7 Å². The number of carbonyl (C=O) groups is 1. The number of rotatable bonds is 5. The first-order chi connectivity index (χ1) is 12.1. The average molecular weight is 347 g/mol. The molecule has 0 spiro atoms. The number of hydrogen-bond donors (Lipinski definition) is 1. The molecule has 2 aliphatic rings. The minimum Gasteiger partial charge on any atom is -0.378 e. The zero-order valence-corrected chi connectivity index (χ0v) is 15.3. The molecule has 0 radical (unpaired) electrons. The second kappa shape index (κ2) is 8.47. The molecule has 7 heteroatoms. The number of aromatic nitrogens is 2. The molecule has 2 aliphatic heterocycles. The topological polar surface area (TPSA) is 70.6 Å². The van der Waals surface area contributed by atoms with Gasteiger partial charge >= 0.3 is 0 Å². The van der Waals surface area contributed by atoms with Crippen molar-refractivity contribution in [3.8, 4) is 0 Å². The Labute approximate surface area is 149 Å². The third kappa shape index (κ3) is 4.81. The van der Waals surface area contributed by atoms with E-state index in [0.29, 0.717) is 5.92 Å². The van der Waals surface area contributed by atoms with Gasteiger partial charge in [-0.1, -0.05) is 13.8 Å². The highest BCUT2D eigenvalue weighted by atomic mass is 16.5. The summed E-state index contributed by atoms with van der Waals surface area (Å²) in [7, 11) is 0. The lowest BCUT2D eigenvalue weighted by Crippen LogP contribution is -2.42. The third-order valence-electron chi connectivity index (χ3n) is 4.91. The molecule has 1 aromatic rings. The van der Waals surface area contributed by atoms with Crippen LogP contribution in [0, 0.1) is 11.8 Å². The first kappa shape index (κ1) is 17.9. The Hall–Kier alpha value is -1.89. The SMILES string of the molecule is CC(C)C(=O)NCC1CCCN(c2cc(N3CCOCC3)ncn2)C1. The largest absolute Gasteiger partial charge is 0.378 e.